The van der Waals surface area contributed by atoms with Crippen LogP contribution in [0.25, 0.3) is 0 Å². The Balaban J connectivity index is 2.87. The van der Waals surface area contributed by atoms with Gasteiger partial charge in [0.1, 0.15) is 19.0 Å². The van der Waals surface area contributed by atoms with Crippen LogP contribution in [0, 0.1) is 0 Å². The molecular weight excluding hydrogens is 303 g/mol. The standard InChI is InChI=1S/C9H9Br2FO/c10-6-7-2-1-3-8(11)9(7)13-5-4-12/h1-3H,4-6H2. The van der Waals surface area contributed by atoms with Crippen LogP contribution in [0.3, 0.4) is 0 Å². The first kappa shape index (κ1) is 11.0. The van der Waals surface area contributed by atoms with Crippen LogP contribution in [0.4, 0.5) is 4.39 Å². The molecule has 0 aliphatic heterocycles. The highest BCUT2D eigenvalue weighted by Gasteiger charge is 2.06. The number of rotatable bonds is 4. The number of benzene rings is 1. The van der Waals surface area contributed by atoms with E-state index in [9.17, 15) is 4.39 Å². The van der Waals surface area contributed by atoms with Crippen molar-refractivity contribution in [2.75, 3.05) is 13.3 Å². The molecule has 1 aromatic rings. The molecule has 0 heterocycles. The van der Waals surface area contributed by atoms with Gasteiger partial charge in [0.05, 0.1) is 4.47 Å². The van der Waals surface area contributed by atoms with Gasteiger partial charge >= 0.3 is 0 Å². The summed E-state index contributed by atoms with van der Waals surface area (Å²) in [5.74, 6) is 0.719. The number of para-hydroxylation sites is 1. The summed E-state index contributed by atoms with van der Waals surface area (Å²) in [7, 11) is 0. The third kappa shape index (κ3) is 2.95. The van der Waals surface area contributed by atoms with Gasteiger partial charge in [0.15, 0.2) is 0 Å². The predicted octanol–water partition coefficient (Wildman–Crippen LogP) is 3.69. The van der Waals surface area contributed by atoms with E-state index in [1.165, 1.54) is 0 Å². The predicted molar refractivity (Wildman–Crippen MR) is 58.2 cm³/mol. The van der Waals surface area contributed by atoms with Gasteiger partial charge in [-0.1, -0.05) is 28.1 Å². The zero-order chi connectivity index (χ0) is 9.68. The molecule has 0 aromatic heterocycles. The molecule has 0 bridgehead atoms. The van der Waals surface area contributed by atoms with Crippen LogP contribution in [0.15, 0.2) is 22.7 Å². The van der Waals surface area contributed by atoms with E-state index >= 15 is 0 Å². The van der Waals surface area contributed by atoms with E-state index in [0.717, 1.165) is 15.8 Å². The van der Waals surface area contributed by atoms with Crippen LogP contribution in [0.2, 0.25) is 0 Å². The zero-order valence-electron chi connectivity index (χ0n) is 6.90. The topological polar surface area (TPSA) is 9.23 Å². The lowest BCUT2D eigenvalue weighted by Crippen LogP contribution is -2.01. The van der Waals surface area contributed by atoms with Gasteiger partial charge < -0.3 is 4.74 Å². The Labute approximate surface area is 93.5 Å². The van der Waals surface area contributed by atoms with E-state index in [-0.39, 0.29) is 6.61 Å². The summed E-state index contributed by atoms with van der Waals surface area (Å²) in [6, 6.07) is 5.73. The minimum Gasteiger partial charge on any atom is -0.489 e. The molecule has 0 radical (unpaired) electrons. The quantitative estimate of drug-likeness (QED) is 0.771. The molecule has 4 heteroatoms. The third-order valence-corrected chi connectivity index (χ3v) is 2.74. The molecule has 13 heavy (non-hydrogen) atoms. The fourth-order valence-corrected chi connectivity index (χ4v) is 1.92. The number of alkyl halides is 2. The Hall–Kier alpha value is -0.0900. The smallest absolute Gasteiger partial charge is 0.137 e. The van der Waals surface area contributed by atoms with Crippen molar-refractivity contribution in [3.63, 3.8) is 0 Å². The van der Waals surface area contributed by atoms with Crippen LogP contribution < -0.4 is 4.74 Å². The molecule has 0 spiro atoms. The van der Waals surface area contributed by atoms with Gasteiger partial charge in [0.2, 0.25) is 0 Å². The third-order valence-electron chi connectivity index (χ3n) is 1.52. The van der Waals surface area contributed by atoms with Crippen LogP contribution in [0.1, 0.15) is 5.56 Å². The molecular formula is C9H9Br2FO. The van der Waals surface area contributed by atoms with E-state index in [2.05, 4.69) is 31.9 Å². The molecule has 0 amide bonds. The highest BCUT2D eigenvalue weighted by Crippen LogP contribution is 2.30. The van der Waals surface area contributed by atoms with Crippen molar-refractivity contribution in [1.29, 1.82) is 0 Å². The molecule has 0 N–H and O–H groups in total. The van der Waals surface area contributed by atoms with Crippen molar-refractivity contribution in [2.24, 2.45) is 0 Å². The van der Waals surface area contributed by atoms with Gasteiger partial charge in [-0.05, 0) is 22.0 Å². The normalized spacial score (nSPS) is 10.1. The summed E-state index contributed by atoms with van der Waals surface area (Å²) >= 11 is 6.69. The van der Waals surface area contributed by atoms with E-state index in [0.29, 0.717) is 5.33 Å². The summed E-state index contributed by atoms with van der Waals surface area (Å²) in [5, 5.41) is 0.702. The van der Waals surface area contributed by atoms with Crippen molar-refractivity contribution in [2.45, 2.75) is 5.33 Å². The van der Waals surface area contributed by atoms with Crippen molar-refractivity contribution < 1.29 is 9.13 Å². The van der Waals surface area contributed by atoms with Crippen LogP contribution in [0.5, 0.6) is 5.75 Å². The van der Waals surface area contributed by atoms with Gasteiger partial charge in [-0.15, -0.1) is 0 Å². The lowest BCUT2D eigenvalue weighted by molar-refractivity contribution is 0.270. The van der Waals surface area contributed by atoms with Gasteiger partial charge in [-0.25, -0.2) is 4.39 Å². The van der Waals surface area contributed by atoms with E-state index in [4.69, 9.17) is 4.74 Å². The Morgan fingerprint density at radius 1 is 1.38 bits per heavy atom. The van der Waals surface area contributed by atoms with Crippen molar-refractivity contribution >= 4 is 31.9 Å². The van der Waals surface area contributed by atoms with Crippen LogP contribution in [-0.2, 0) is 5.33 Å². The lowest BCUT2D eigenvalue weighted by atomic mass is 10.2. The van der Waals surface area contributed by atoms with E-state index in [1.807, 2.05) is 18.2 Å². The van der Waals surface area contributed by atoms with Crippen LogP contribution in [-0.4, -0.2) is 13.3 Å². The minimum atomic E-state index is -0.469. The molecule has 0 atom stereocenters. The summed E-state index contributed by atoms with van der Waals surface area (Å²) in [5.41, 5.74) is 1.02. The van der Waals surface area contributed by atoms with Crippen molar-refractivity contribution in [3.8, 4) is 5.75 Å². The first-order valence-electron chi connectivity index (χ1n) is 3.81. The van der Waals surface area contributed by atoms with Crippen LogP contribution >= 0.6 is 31.9 Å². The monoisotopic (exact) mass is 310 g/mol. The SMILES string of the molecule is FCCOc1c(Br)cccc1CBr. The first-order valence-corrected chi connectivity index (χ1v) is 5.73. The summed E-state index contributed by atoms with van der Waals surface area (Å²) in [4.78, 5) is 0. The molecule has 0 aliphatic rings. The first-order chi connectivity index (χ1) is 6.29. The second-order valence-corrected chi connectivity index (χ2v) is 3.81. The molecule has 72 valence electrons. The minimum absolute atomic E-state index is 0.0998. The Morgan fingerprint density at radius 2 is 2.15 bits per heavy atom. The molecule has 1 aromatic carbocycles. The molecule has 0 fully saturated rings. The number of ether oxygens (including phenoxy) is 1. The number of halogens is 3. The Bertz CT molecular complexity index is 278. The largest absolute Gasteiger partial charge is 0.489 e. The highest BCUT2D eigenvalue weighted by molar-refractivity contribution is 9.10. The fourth-order valence-electron chi connectivity index (χ4n) is 0.961. The van der Waals surface area contributed by atoms with Gasteiger partial charge in [-0.3, -0.25) is 0 Å². The second kappa shape index (κ2) is 5.60. The molecule has 0 unspecified atom stereocenters. The van der Waals surface area contributed by atoms with E-state index in [1.54, 1.807) is 0 Å². The fraction of sp³-hybridized carbons (Fsp3) is 0.333. The highest BCUT2D eigenvalue weighted by atomic mass is 79.9. The second-order valence-electron chi connectivity index (χ2n) is 2.40. The number of hydrogen-bond acceptors (Lipinski definition) is 1. The van der Waals surface area contributed by atoms with Crippen molar-refractivity contribution in [3.05, 3.63) is 28.2 Å². The van der Waals surface area contributed by atoms with E-state index < -0.39 is 6.67 Å². The Morgan fingerprint density at radius 3 is 2.77 bits per heavy atom. The maximum atomic E-state index is 11.9. The molecule has 0 aliphatic carbocycles. The van der Waals surface area contributed by atoms with Gasteiger partial charge in [-0.2, -0.15) is 0 Å². The van der Waals surface area contributed by atoms with Gasteiger partial charge in [0.25, 0.3) is 0 Å². The zero-order valence-corrected chi connectivity index (χ0v) is 10.1. The molecule has 0 saturated carbocycles. The lowest BCUT2D eigenvalue weighted by Gasteiger charge is -2.09. The molecule has 1 nitrogen and oxygen atoms in total. The maximum absolute atomic E-state index is 11.9. The average molecular weight is 312 g/mol. The summed E-state index contributed by atoms with van der Waals surface area (Å²) in [6.45, 7) is -0.369. The molecule has 1 rings (SSSR count). The average Bonchev–Trinajstić information content (AvgIpc) is 2.15. The van der Waals surface area contributed by atoms with Gasteiger partial charge in [0, 0.05) is 10.9 Å². The Kier molecular flexibility index (Phi) is 4.73. The summed E-state index contributed by atoms with van der Waals surface area (Å²) in [6.07, 6.45) is 0. The molecule has 0 saturated heterocycles. The number of hydrogen-bond donors (Lipinski definition) is 0. The maximum Gasteiger partial charge on any atom is 0.137 e. The van der Waals surface area contributed by atoms with Crippen molar-refractivity contribution in [1.82, 2.24) is 0 Å². The summed E-state index contributed by atoms with van der Waals surface area (Å²) < 4.78 is 18.0.